The lowest BCUT2D eigenvalue weighted by molar-refractivity contribution is 0.0971. The van der Waals surface area contributed by atoms with E-state index < -0.39 is 0 Å². The second-order valence-electron chi connectivity index (χ2n) is 6.59. The first-order chi connectivity index (χ1) is 13.2. The number of aromatic nitrogens is 5. The van der Waals surface area contributed by atoms with Crippen molar-refractivity contribution < 1.29 is 4.79 Å². The fraction of sp³-hybridized carbons (Fsp3) is 0.211. The smallest absolute Gasteiger partial charge is 0.279 e. The number of anilines is 1. The molecule has 0 spiro atoms. The summed E-state index contributed by atoms with van der Waals surface area (Å²) >= 11 is 1.35. The first kappa shape index (κ1) is 16.1. The van der Waals surface area contributed by atoms with Crippen molar-refractivity contribution in [1.82, 2.24) is 24.4 Å². The van der Waals surface area contributed by atoms with Crippen LogP contribution in [0.15, 0.2) is 42.6 Å². The number of carbonyl (C=O) groups is 1. The van der Waals surface area contributed by atoms with E-state index in [0.29, 0.717) is 25.2 Å². The third kappa shape index (κ3) is 2.78. The summed E-state index contributed by atoms with van der Waals surface area (Å²) in [4.78, 5) is 19.2. The zero-order valence-electron chi connectivity index (χ0n) is 14.7. The predicted molar refractivity (Wildman–Crippen MR) is 103 cm³/mol. The van der Waals surface area contributed by atoms with Gasteiger partial charge in [-0.1, -0.05) is 17.3 Å². The molecule has 3 aromatic heterocycles. The average Bonchev–Trinajstić information content (AvgIpc) is 3.29. The standard InChI is InChI=1S/C19H16N6OS/c1-12-9-17(27-22-12)24-8-6-16-18(19(24)26)25(23-21-16)11-13-4-5-15-14(10-13)3-2-7-20-15/h2-5,7,9-10H,6,8,11H2,1H3. The highest BCUT2D eigenvalue weighted by Gasteiger charge is 2.32. The van der Waals surface area contributed by atoms with Gasteiger partial charge in [-0.05, 0) is 48.3 Å². The van der Waals surface area contributed by atoms with Gasteiger partial charge in [0.25, 0.3) is 5.91 Å². The molecule has 0 saturated carbocycles. The molecule has 1 aliphatic rings. The average molecular weight is 376 g/mol. The van der Waals surface area contributed by atoms with Gasteiger partial charge < -0.3 is 0 Å². The lowest BCUT2D eigenvalue weighted by atomic mass is 10.1. The van der Waals surface area contributed by atoms with Crippen molar-refractivity contribution in [3.63, 3.8) is 0 Å². The van der Waals surface area contributed by atoms with Gasteiger partial charge >= 0.3 is 0 Å². The summed E-state index contributed by atoms with van der Waals surface area (Å²) in [6.07, 6.45) is 2.48. The number of hydrogen-bond donors (Lipinski definition) is 0. The van der Waals surface area contributed by atoms with Crippen molar-refractivity contribution in [2.45, 2.75) is 19.9 Å². The maximum Gasteiger partial charge on any atom is 0.279 e. The van der Waals surface area contributed by atoms with Crippen LogP contribution in [0.3, 0.4) is 0 Å². The van der Waals surface area contributed by atoms with E-state index in [2.05, 4.69) is 25.7 Å². The van der Waals surface area contributed by atoms with Crippen molar-refractivity contribution >= 4 is 33.3 Å². The number of fused-ring (bicyclic) bond motifs is 2. The van der Waals surface area contributed by atoms with Gasteiger partial charge in [0.15, 0.2) is 5.69 Å². The van der Waals surface area contributed by atoms with E-state index in [4.69, 9.17) is 0 Å². The summed E-state index contributed by atoms with van der Waals surface area (Å²) in [6.45, 7) is 3.03. The molecule has 0 radical (unpaired) electrons. The predicted octanol–water partition coefficient (Wildman–Crippen LogP) is 2.84. The largest absolute Gasteiger partial charge is 0.297 e. The van der Waals surface area contributed by atoms with Gasteiger partial charge in [-0.25, -0.2) is 4.68 Å². The van der Waals surface area contributed by atoms with Gasteiger partial charge in [0.1, 0.15) is 5.00 Å². The van der Waals surface area contributed by atoms with E-state index in [1.165, 1.54) is 11.5 Å². The highest BCUT2D eigenvalue weighted by atomic mass is 32.1. The summed E-state index contributed by atoms with van der Waals surface area (Å²) in [5.74, 6) is -0.0626. The van der Waals surface area contributed by atoms with Gasteiger partial charge in [-0.2, -0.15) is 4.37 Å². The summed E-state index contributed by atoms with van der Waals surface area (Å²) < 4.78 is 6.00. The molecule has 1 aromatic carbocycles. The molecule has 0 N–H and O–H groups in total. The Labute approximate surface area is 159 Å². The maximum absolute atomic E-state index is 13.1. The molecule has 0 aliphatic carbocycles. The Hall–Kier alpha value is -3.13. The molecule has 0 unspecified atom stereocenters. The van der Waals surface area contributed by atoms with Crippen LogP contribution >= 0.6 is 11.5 Å². The summed E-state index contributed by atoms with van der Waals surface area (Å²) in [7, 11) is 0. The van der Waals surface area contributed by atoms with E-state index in [0.717, 1.165) is 32.9 Å². The minimum atomic E-state index is -0.0626. The summed E-state index contributed by atoms with van der Waals surface area (Å²) in [5, 5.41) is 10.4. The van der Waals surface area contributed by atoms with Gasteiger partial charge in [0, 0.05) is 24.5 Å². The van der Waals surface area contributed by atoms with Gasteiger partial charge in [0.2, 0.25) is 0 Å². The first-order valence-electron chi connectivity index (χ1n) is 8.70. The zero-order chi connectivity index (χ0) is 18.4. The SMILES string of the molecule is Cc1cc(N2CCc3nnn(Cc4ccc5ncccc5c4)c3C2=O)sn1. The number of carbonyl (C=O) groups excluding carboxylic acids is 1. The Bertz CT molecular complexity index is 1160. The molecule has 8 heteroatoms. The number of amides is 1. The van der Waals surface area contributed by atoms with Crippen molar-refractivity contribution in [3.8, 4) is 0 Å². The van der Waals surface area contributed by atoms with Crippen LogP contribution in [-0.4, -0.2) is 36.8 Å². The molecule has 0 bridgehead atoms. The Morgan fingerprint density at radius 2 is 2.15 bits per heavy atom. The van der Waals surface area contributed by atoms with Gasteiger partial charge in [-0.3, -0.25) is 14.7 Å². The molecule has 0 atom stereocenters. The molecule has 1 amide bonds. The highest BCUT2D eigenvalue weighted by Crippen LogP contribution is 2.27. The fourth-order valence-electron chi connectivity index (χ4n) is 3.39. The third-order valence-corrected chi connectivity index (χ3v) is 5.61. The number of hydrogen-bond acceptors (Lipinski definition) is 6. The van der Waals surface area contributed by atoms with E-state index in [1.807, 2.05) is 37.3 Å². The highest BCUT2D eigenvalue weighted by molar-refractivity contribution is 7.10. The number of pyridine rings is 1. The third-order valence-electron chi connectivity index (χ3n) is 4.71. The summed E-state index contributed by atoms with van der Waals surface area (Å²) in [5.41, 5.74) is 4.26. The molecule has 4 heterocycles. The topological polar surface area (TPSA) is 76.8 Å². The molecule has 5 rings (SSSR count). The van der Waals surface area contributed by atoms with Gasteiger partial charge in [-0.15, -0.1) is 5.10 Å². The van der Waals surface area contributed by atoms with Crippen LogP contribution in [0.4, 0.5) is 5.00 Å². The number of nitrogens with zero attached hydrogens (tertiary/aromatic N) is 6. The molecule has 4 aromatic rings. The maximum atomic E-state index is 13.1. The Morgan fingerprint density at radius 3 is 3.00 bits per heavy atom. The quantitative estimate of drug-likeness (QED) is 0.549. The molecular weight excluding hydrogens is 360 g/mol. The molecule has 1 aliphatic heterocycles. The number of rotatable bonds is 3. The molecular formula is C19H16N6OS. The Kier molecular flexibility index (Phi) is 3.71. The Morgan fingerprint density at radius 1 is 1.22 bits per heavy atom. The molecule has 7 nitrogen and oxygen atoms in total. The molecule has 0 saturated heterocycles. The Balaban J connectivity index is 1.48. The molecule has 0 fully saturated rings. The first-order valence-corrected chi connectivity index (χ1v) is 9.47. The van der Waals surface area contributed by atoms with Crippen LogP contribution < -0.4 is 4.90 Å². The lowest BCUT2D eigenvalue weighted by Crippen LogP contribution is -2.38. The van der Waals surface area contributed by atoms with Crippen molar-refractivity contribution in [1.29, 1.82) is 0 Å². The van der Waals surface area contributed by atoms with Crippen LogP contribution in [0.5, 0.6) is 0 Å². The number of benzene rings is 1. The van der Waals surface area contributed by atoms with Gasteiger partial charge in [0.05, 0.1) is 23.4 Å². The monoisotopic (exact) mass is 376 g/mol. The summed E-state index contributed by atoms with van der Waals surface area (Å²) in [6, 6.07) is 12.0. The lowest BCUT2D eigenvalue weighted by Gasteiger charge is -2.24. The van der Waals surface area contributed by atoms with Crippen molar-refractivity contribution in [2.24, 2.45) is 0 Å². The van der Waals surface area contributed by atoms with Crippen LogP contribution in [0.1, 0.15) is 27.4 Å². The number of aryl methyl sites for hydroxylation is 1. The van der Waals surface area contributed by atoms with E-state index in [-0.39, 0.29) is 5.91 Å². The van der Waals surface area contributed by atoms with E-state index in [1.54, 1.807) is 15.8 Å². The van der Waals surface area contributed by atoms with E-state index in [9.17, 15) is 4.79 Å². The zero-order valence-corrected chi connectivity index (χ0v) is 15.5. The molecule has 27 heavy (non-hydrogen) atoms. The van der Waals surface area contributed by atoms with Crippen molar-refractivity contribution in [3.05, 3.63) is 65.2 Å². The van der Waals surface area contributed by atoms with Crippen LogP contribution in [0.2, 0.25) is 0 Å². The molecule has 134 valence electrons. The van der Waals surface area contributed by atoms with E-state index >= 15 is 0 Å². The second-order valence-corrected chi connectivity index (χ2v) is 7.37. The van der Waals surface area contributed by atoms with Crippen LogP contribution in [0, 0.1) is 6.92 Å². The fourth-order valence-corrected chi connectivity index (χ4v) is 4.18. The van der Waals surface area contributed by atoms with Crippen LogP contribution in [0.25, 0.3) is 10.9 Å². The van der Waals surface area contributed by atoms with Crippen LogP contribution in [-0.2, 0) is 13.0 Å². The van der Waals surface area contributed by atoms with Crippen molar-refractivity contribution in [2.75, 3.05) is 11.4 Å². The second kappa shape index (κ2) is 6.24. The normalized spacial score (nSPS) is 14.0. The minimum Gasteiger partial charge on any atom is -0.297 e. The minimum absolute atomic E-state index is 0.0626.